The van der Waals surface area contributed by atoms with Crippen molar-refractivity contribution in [1.29, 1.82) is 0 Å². The molecule has 1 heterocycles. The van der Waals surface area contributed by atoms with Crippen LogP contribution in [0.15, 0.2) is 0 Å². The highest BCUT2D eigenvalue weighted by Crippen LogP contribution is 2.24. The highest BCUT2D eigenvalue weighted by atomic mass is 16.4. The summed E-state index contributed by atoms with van der Waals surface area (Å²) in [6, 6.07) is -0.594. The third-order valence-electron chi connectivity index (χ3n) is 3.67. The summed E-state index contributed by atoms with van der Waals surface area (Å²) in [5.41, 5.74) is 0. The van der Waals surface area contributed by atoms with Crippen LogP contribution in [0.1, 0.15) is 32.1 Å². The van der Waals surface area contributed by atoms with Gasteiger partial charge in [0.25, 0.3) is 0 Å². The van der Waals surface area contributed by atoms with Gasteiger partial charge in [0.15, 0.2) is 0 Å². The topological polar surface area (TPSA) is 108 Å². The number of nitrogens with one attached hydrogen (secondary N) is 3. The average Bonchev–Trinajstić information content (AvgIpc) is 2.74. The molecule has 4 N–H and O–H groups in total. The van der Waals surface area contributed by atoms with Crippen LogP contribution in [-0.2, 0) is 9.59 Å². The summed E-state index contributed by atoms with van der Waals surface area (Å²) in [6.07, 6.45) is 3.07. The Bertz CT molecular complexity index is 385. The summed E-state index contributed by atoms with van der Waals surface area (Å²) >= 11 is 0. The molecule has 2 rings (SSSR count). The van der Waals surface area contributed by atoms with Gasteiger partial charge in [0.1, 0.15) is 0 Å². The minimum absolute atomic E-state index is 0.0612. The van der Waals surface area contributed by atoms with Gasteiger partial charge in [-0.1, -0.05) is 6.42 Å². The zero-order valence-electron chi connectivity index (χ0n) is 10.6. The number of urea groups is 1. The van der Waals surface area contributed by atoms with Gasteiger partial charge < -0.3 is 21.1 Å². The molecule has 1 saturated carbocycles. The van der Waals surface area contributed by atoms with E-state index >= 15 is 0 Å². The fourth-order valence-corrected chi connectivity index (χ4v) is 2.66. The highest BCUT2D eigenvalue weighted by molar-refractivity contribution is 5.81. The lowest BCUT2D eigenvalue weighted by atomic mass is 9.86. The second-order valence-electron chi connectivity index (χ2n) is 5.22. The van der Waals surface area contributed by atoms with Crippen molar-refractivity contribution in [2.75, 3.05) is 6.54 Å². The maximum atomic E-state index is 11.7. The van der Waals surface area contributed by atoms with Crippen LogP contribution in [0.5, 0.6) is 0 Å². The molecule has 0 aromatic carbocycles. The number of hydrogen-bond acceptors (Lipinski definition) is 3. The van der Waals surface area contributed by atoms with E-state index in [2.05, 4.69) is 16.0 Å². The number of carbonyl (C=O) groups is 3. The summed E-state index contributed by atoms with van der Waals surface area (Å²) < 4.78 is 0. The third kappa shape index (κ3) is 3.84. The van der Waals surface area contributed by atoms with Gasteiger partial charge in [0.05, 0.1) is 12.0 Å². The Morgan fingerprint density at radius 3 is 2.58 bits per heavy atom. The molecule has 3 atom stereocenters. The number of aliphatic carboxylic acids is 1. The van der Waals surface area contributed by atoms with Crippen LogP contribution in [-0.4, -0.2) is 41.6 Å². The normalized spacial score (nSPS) is 30.5. The molecule has 3 unspecified atom stereocenters. The Hall–Kier alpha value is -1.79. The van der Waals surface area contributed by atoms with Gasteiger partial charge in [-0.15, -0.1) is 0 Å². The van der Waals surface area contributed by atoms with Crippen molar-refractivity contribution in [2.45, 2.75) is 44.2 Å². The molecule has 1 aliphatic carbocycles. The molecule has 3 amide bonds. The summed E-state index contributed by atoms with van der Waals surface area (Å²) in [6.45, 7) is 0.453. The molecule has 2 fully saturated rings. The smallest absolute Gasteiger partial charge is 0.315 e. The van der Waals surface area contributed by atoms with E-state index < -0.39 is 5.97 Å². The number of carboxylic acids is 1. The van der Waals surface area contributed by atoms with E-state index in [-0.39, 0.29) is 29.9 Å². The van der Waals surface area contributed by atoms with Gasteiger partial charge in [-0.2, -0.15) is 0 Å². The van der Waals surface area contributed by atoms with Gasteiger partial charge in [-0.3, -0.25) is 9.59 Å². The van der Waals surface area contributed by atoms with Crippen molar-refractivity contribution in [3.8, 4) is 0 Å². The number of hydrogen-bond donors (Lipinski definition) is 4. The van der Waals surface area contributed by atoms with E-state index in [1.807, 2.05) is 0 Å². The minimum atomic E-state index is -0.794. The van der Waals surface area contributed by atoms with Gasteiger partial charge in [-0.25, -0.2) is 4.79 Å². The molecule has 0 aromatic rings. The van der Waals surface area contributed by atoms with Gasteiger partial charge in [0, 0.05) is 19.0 Å². The van der Waals surface area contributed by atoms with Crippen LogP contribution >= 0.6 is 0 Å². The standard InChI is InChI=1S/C12H19N3O4/c16-10-5-9(6-13-10)15-12(19)14-8-3-1-2-7(4-8)11(17)18/h7-9H,1-6H2,(H,13,16)(H,17,18)(H2,14,15,19). The van der Waals surface area contributed by atoms with Crippen LogP contribution < -0.4 is 16.0 Å². The molecule has 0 radical (unpaired) electrons. The van der Waals surface area contributed by atoms with Crippen molar-refractivity contribution < 1.29 is 19.5 Å². The zero-order valence-corrected chi connectivity index (χ0v) is 10.6. The molecule has 106 valence electrons. The van der Waals surface area contributed by atoms with Crippen LogP contribution in [0.3, 0.4) is 0 Å². The zero-order chi connectivity index (χ0) is 13.8. The molecular formula is C12H19N3O4. The molecule has 19 heavy (non-hydrogen) atoms. The van der Waals surface area contributed by atoms with E-state index in [0.29, 0.717) is 25.8 Å². The second kappa shape index (κ2) is 5.90. The molecular weight excluding hydrogens is 250 g/mol. The third-order valence-corrected chi connectivity index (χ3v) is 3.67. The van der Waals surface area contributed by atoms with Gasteiger partial charge in [0.2, 0.25) is 5.91 Å². The molecule has 1 aliphatic heterocycles. The number of amides is 3. The Morgan fingerprint density at radius 2 is 1.95 bits per heavy atom. The van der Waals surface area contributed by atoms with E-state index in [9.17, 15) is 14.4 Å². The Balaban J connectivity index is 1.75. The number of rotatable bonds is 3. The van der Waals surface area contributed by atoms with Crippen molar-refractivity contribution in [2.24, 2.45) is 5.92 Å². The molecule has 1 saturated heterocycles. The van der Waals surface area contributed by atoms with Crippen molar-refractivity contribution in [1.82, 2.24) is 16.0 Å². The summed E-state index contributed by atoms with van der Waals surface area (Å²) in [5.74, 6) is -1.22. The first-order valence-electron chi connectivity index (χ1n) is 6.61. The minimum Gasteiger partial charge on any atom is -0.481 e. The van der Waals surface area contributed by atoms with Crippen molar-refractivity contribution in [3.63, 3.8) is 0 Å². The summed E-state index contributed by atoms with van der Waals surface area (Å²) in [4.78, 5) is 33.7. The van der Waals surface area contributed by atoms with Crippen LogP contribution in [0.2, 0.25) is 0 Å². The lowest BCUT2D eigenvalue weighted by Gasteiger charge is -2.27. The van der Waals surface area contributed by atoms with Gasteiger partial charge in [-0.05, 0) is 19.3 Å². The first-order valence-corrected chi connectivity index (χ1v) is 6.61. The molecule has 2 aliphatic rings. The molecule has 0 spiro atoms. The number of carbonyl (C=O) groups excluding carboxylic acids is 2. The van der Waals surface area contributed by atoms with Crippen LogP contribution in [0.25, 0.3) is 0 Å². The maximum absolute atomic E-state index is 11.7. The maximum Gasteiger partial charge on any atom is 0.315 e. The highest BCUT2D eigenvalue weighted by Gasteiger charge is 2.29. The van der Waals surface area contributed by atoms with E-state index in [1.165, 1.54) is 0 Å². The molecule has 0 bridgehead atoms. The number of carboxylic acid groups (broad SMARTS) is 1. The fraction of sp³-hybridized carbons (Fsp3) is 0.750. The first kappa shape index (κ1) is 13.6. The van der Waals surface area contributed by atoms with E-state index in [4.69, 9.17) is 5.11 Å². The predicted molar refractivity (Wildman–Crippen MR) is 66.5 cm³/mol. The Labute approximate surface area is 111 Å². The van der Waals surface area contributed by atoms with Crippen molar-refractivity contribution >= 4 is 17.9 Å². The van der Waals surface area contributed by atoms with E-state index in [1.54, 1.807) is 0 Å². The molecule has 0 aromatic heterocycles. The quantitative estimate of drug-likeness (QED) is 0.570. The Morgan fingerprint density at radius 1 is 1.21 bits per heavy atom. The monoisotopic (exact) mass is 269 g/mol. The average molecular weight is 269 g/mol. The fourth-order valence-electron chi connectivity index (χ4n) is 2.66. The summed E-state index contributed by atoms with van der Waals surface area (Å²) in [7, 11) is 0. The predicted octanol–water partition coefficient (Wildman–Crippen LogP) is -0.182. The first-order chi connectivity index (χ1) is 9.04. The largest absolute Gasteiger partial charge is 0.481 e. The van der Waals surface area contributed by atoms with Gasteiger partial charge >= 0.3 is 12.0 Å². The Kier molecular flexibility index (Phi) is 4.24. The second-order valence-corrected chi connectivity index (χ2v) is 5.22. The van der Waals surface area contributed by atoms with Crippen LogP contribution in [0.4, 0.5) is 4.79 Å². The summed E-state index contributed by atoms with van der Waals surface area (Å²) in [5, 5.41) is 17.1. The van der Waals surface area contributed by atoms with E-state index in [0.717, 1.165) is 12.8 Å². The lowest BCUT2D eigenvalue weighted by Crippen LogP contribution is -2.48. The SMILES string of the molecule is O=C1CC(NC(=O)NC2CCCC(C(=O)O)C2)CN1. The lowest BCUT2D eigenvalue weighted by molar-refractivity contribution is -0.143. The molecule has 7 nitrogen and oxygen atoms in total. The van der Waals surface area contributed by atoms with Crippen LogP contribution in [0, 0.1) is 5.92 Å². The van der Waals surface area contributed by atoms with Crippen molar-refractivity contribution in [3.05, 3.63) is 0 Å². The molecule has 7 heteroatoms.